The van der Waals surface area contributed by atoms with Gasteiger partial charge < -0.3 is 10.2 Å². The molecule has 0 bridgehead atoms. The molecule has 2 aromatic carbocycles. The lowest BCUT2D eigenvalue weighted by molar-refractivity contribution is -0.140. The summed E-state index contributed by atoms with van der Waals surface area (Å²) in [4.78, 5) is 27.5. The first-order valence-corrected chi connectivity index (χ1v) is 10.0. The molecular formula is C24H32N2O2. The minimum atomic E-state index is -0.535. The first-order valence-electron chi connectivity index (χ1n) is 10.0. The van der Waals surface area contributed by atoms with E-state index in [9.17, 15) is 9.59 Å². The summed E-state index contributed by atoms with van der Waals surface area (Å²) in [5, 5.41) is 3.00. The third-order valence-corrected chi connectivity index (χ3v) is 5.08. The van der Waals surface area contributed by atoms with Crippen molar-refractivity contribution in [2.75, 3.05) is 0 Å². The molecule has 0 aliphatic carbocycles. The Labute approximate surface area is 169 Å². The zero-order valence-electron chi connectivity index (χ0n) is 17.7. The van der Waals surface area contributed by atoms with Crippen molar-refractivity contribution in [3.8, 4) is 0 Å². The monoisotopic (exact) mass is 380 g/mol. The molecule has 0 aromatic heterocycles. The Bertz CT molecular complexity index is 799. The summed E-state index contributed by atoms with van der Waals surface area (Å²) >= 11 is 0. The highest BCUT2D eigenvalue weighted by Crippen LogP contribution is 2.14. The van der Waals surface area contributed by atoms with Crippen molar-refractivity contribution in [3.63, 3.8) is 0 Å². The van der Waals surface area contributed by atoms with Crippen LogP contribution in [0.2, 0.25) is 0 Å². The van der Waals surface area contributed by atoms with Crippen LogP contribution in [0.5, 0.6) is 0 Å². The predicted octanol–water partition coefficient (Wildman–Crippen LogP) is 4.18. The molecule has 0 radical (unpaired) electrons. The van der Waals surface area contributed by atoms with E-state index in [1.54, 1.807) is 11.8 Å². The summed E-state index contributed by atoms with van der Waals surface area (Å²) < 4.78 is 0. The highest BCUT2D eigenvalue weighted by molar-refractivity contribution is 5.88. The van der Waals surface area contributed by atoms with Gasteiger partial charge in [0.15, 0.2) is 0 Å². The van der Waals surface area contributed by atoms with Crippen molar-refractivity contribution in [3.05, 3.63) is 70.8 Å². The quantitative estimate of drug-likeness (QED) is 0.747. The van der Waals surface area contributed by atoms with Crippen LogP contribution in [0.15, 0.2) is 48.5 Å². The van der Waals surface area contributed by atoms with Crippen LogP contribution in [0.3, 0.4) is 0 Å². The average molecular weight is 381 g/mol. The van der Waals surface area contributed by atoms with Crippen LogP contribution in [-0.4, -0.2) is 28.8 Å². The molecule has 4 nitrogen and oxygen atoms in total. The zero-order valence-corrected chi connectivity index (χ0v) is 17.7. The lowest BCUT2D eigenvalue weighted by Gasteiger charge is -2.30. The molecular weight excluding hydrogens is 348 g/mol. The fraction of sp³-hybridized carbons (Fsp3) is 0.417. The second-order valence-corrected chi connectivity index (χ2v) is 7.67. The number of carbonyl (C=O) groups is 2. The molecule has 2 amide bonds. The number of nitrogens with zero attached hydrogens (tertiary/aromatic N) is 1. The molecule has 1 N–H and O–H groups in total. The summed E-state index contributed by atoms with van der Waals surface area (Å²) in [5.41, 5.74) is 4.29. The van der Waals surface area contributed by atoms with Gasteiger partial charge in [-0.1, -0.05) is 66.6 Å². The fourth-order valence-corrected chi connectivity index (χ4v) is 3.04. The number of nitrogens with one attached hydrogen (secondary N) is 1. The predicted molar refractivity (Wildman–Crippen MR) is 114 cm³/mol. The Hall–Kier alpha value is -2.62. The molecule has 0 aliphatic rings. The first-order chi connectivity index (χ1) is 13.3. The molecule has 2 atom stereocenters. The first kappa shape index (κ1) is 21.7. The van der Waals surface area contributed by atoms with Gasteiger partial charge in [-0.3, -0.25) is 9.59 Å². The number of carbonyl (C=O) groups excluding carboxylic acids is 2. The average Bonchev–Trinajstić information content (AvgIpc) is 2.67. The molecule has 0 heterocycles. The van der Waals surface area contributed by atoms with E-state index < -0.39 is 6.04 Å². The van der Waals surface area contributed by atoms with E-state index in [-0.39, 0.29) is 24.3 Å². The number of rotatable bonds is 8. The van der Waals surface area contributed by atoms with Gasteiger partial charge in [-0.15, -0.1) is 0 Å². The Morgan fingerprint density at radius 1 is 0.964 bits per heavy atom. The maximum atomic E-state index is 13.1. The topological polar surface area (TPSA) is 49.4 Å². The van der Waals surface area contributed by atoms with E-state index in [4.69, 9.17) is 0 Å². The molecule has 0 aliphatic heterocycles. The lowest BCUT2D eigenvalue weighted by atomic mass is 10.1. The smallest absolute Gasteiger partial charge is 0.242 e. The minimum absolute atomic E-state index is 0.0443. The van der Waals surface area contributed by atoms with E-state index in [2.05, 4.69) is 11.4 Å². The van der Waals surface area contributed by atoms with Crippen molar-refractivity contribution in [2.45, 2.75) is 66.1 Å². The molecule has 28 heavy (non-hydrogen) atoms. The van der Waals surface area contributed by atoms with Crippen molar-refractivity contribution >= 4 is 11.8 Å². The van der Waals surface area contributed by atoms with Crippen molar-refractivity contribution in [1.29, 1.82) is 0 Å². The maximum absolute atomic E-state index is 13.1. The molecule has 2 aromatic rings. The fourth-order valence-electron chi connectivity index (χ4n) is 3.04. The maximum Gasteiger partial charge on any atom is 0.242 e. The van der Waals surface area contributed by atoms with Gasteiger partial charge in [0, 0.05) is 12.6 Å². The second kappa shape index (κ2) is 10.1. The number of benzene rings is 2. The molecule has 150 valence electrons. The molecule has 0 saturated heterocycles. The Kier molecular flexibility index (Phi) is 7.80. The van der Waals surface area contributed by atoms with E-state index >= 15 is 0 Å². The van der Waals surface area contributed by atoms with Crippen LogP contribution in [0, 0.1) is 13.8 Å². The lowest BCUT2D eigenvalue weighted by Crippen LogP contribution is -2.49. The molecule has 2 rings (SSSR count). The van der Waals surface area contributed by atoms with E-state index in [0.717, 1.165) is 28.7 Å². The van der Waals surface area contributed by atoms with Gasteiger partial charge in [0.1, 0.15) is 6.04 Å². The Balaban J connectivity index is 2.22. The molecule has 0 spiro atoms. The summed E-state index contributed by atoms with van der Waals surface area (Å²) in [6.07, 6.45) is 1.14. The normalized spacial score (nSPS) is 12.9. The molecule has 0 unspecified atom stereocenters. The third kappa shape index (κ3) is 6.22. The minimum Gasteiger partial charge on any atom is -0.352 e. The number of hydrogen-bond acceptors (Lipinski definition) is 2. The summed E-state index contributed by atoms with van der Waals surface area (Å²) in [6, 6.07) is 15.6. The van der Waals surface area contributed by atoms with Gasteiger partial charge in [-0.2, -0.15) is 0 Å². The SMILES string of the molecule is CC[C@H](C)NC(=O)[C@H](C)N(Cc1cccc(C)c1)C(=O)Cc1ccc(C)cc1. The van der Waals surface area contributed by atoms with Gasteiger partial charge in [0.2, 0.25) is 11.8 Å². The van der Waals surface area contributed by atoms with Crippen LogP contribution < -0.4 is 5.32 Å². The molecule has 0 fully saturated rings. The number of amides is 2. The van der Waals surface area contributed by atoms with Gasteiger partial charge in [0.25, 0.3) is 0 Å². The van der Waals surface area contributed by atoms with Crippen LogP contribution in [-0.2, 0) is 22.6 Å². The largest absolute Gasteiger partial charge is 0.352 e. The van der Waals surface area contributed by atoms with Gasteiger partial charge in [0.05, 0.1) is 6.42 Å². The second-order valence-electron chi connectivity index (χ2n) is 7.67. The Morgan fingerprint density at radius 3 is 2.25 bits per heavy atom. The van der Waals surface area contributed by atoms with E-state index in [1.165, 1.54) is 0 Å². The Morgan fingerprint density at radius 2 is 1.64 bits per heavy atom. The molecule has 4 heteroatoms. The van der Waals surface area contributed by atoms with E-state index in [1.807, 2.05) is 70.2 Å². The van der Waals surface area contributed by atoms with Crippen LogP contribution in [0.4, 0.5) is 0 Å². The van der Waals surface area contributed by atoms with Crippen LogP contribution in [0.1, 0.15) is 49.4 Å². The van der Waals surface area contributed by atoms with E-state index in [0.29, 0.717) is 6.54 Å². The number of hydrogen-bond donors (Lipinski definition) is 1. The van der Waals surface area contributed by atoms with Crippen LogP contribution in [0.25, 0.3) is 0 Å². The van der Waals surface area contributed by atoms with Crippen LogP contribution >= 0.6 is 0 Å². The van der Waals surface area contributed by atoms with Gasteiger partial charge >= 0.3 is 0 Å². The van der Waals surface area contributed by atoms with Crippen molar-refractivity contribution in [1.82, 2.24) is 10.2 Å². The highest BCUT2D eigenvalue weighted by atomic mass is 16.2. The van der Waals surface area contributed by atoms with Gasteiger partial charge in [-0.05, 0) is 45.2 Å². The summed E-state index contributed by atoms with van der Waals surface area (Å²) in [5.74, 6) is -0.156. The van der Waals surface area contributed by atoms with Crippen molar-refractivity contribution < 1.29 is 9.59 Å². The standard InChI is InChI=1S/C24H32N2O2/c1-6-19(4)25-24(28)20(5)26(16-22-9-7-8-18(3)14-22)23(27)15-21-12-10-17(2)11-13-21/h7-14,19-20H,6,15-16H2,1-5H3,(H,25,28)/t19-,20-/m0/s1. The third-order valence-electron chi connectivity index (χ3n) is 5.08. The zero-order chi connectivity index (χ0) is 20.7. The summed E-state index contributed by atoms with van der Waals surface area (Å²) in [7, 11) is 0. The van der Waals surface area contributed by atoms with Gasteiger partial charge in [-0.25, -0.2) is 0 Å². The molecule has 0 saturated carbocycles. The summed E-state index contributed by atoms with van der Waals surface area (Å²) in [6.45, 7) is 10.3. The van der Waals surface area contributed by atoms with Crippen molar-refractivity contribution in [2.24, 2.45) is 0 Å². The highest BCUT2D eigenvalue weighted by Gasteiger charge is 2.26. The number of aryl methyl sites for hydroxylation is 2.